The molecule has 1 N–H and O–H groups in total. The van der Waals surface area contributed by atoms with E-state index in [9.17, 15) is 4.79 Å². The molecule has 2 fully saturated rings. The van der Waals surface area contributed by atoms with Gasteiger partial charge in [-0.2, -0.15) is 0 Å². The molecule has 0 aliphatic carbocycles. The second-order valence-electron chi connectivity index (χ2n) is 6.18. The summed E-state index contributed by atoms with van der Waals surface area (Å²) in [4.78, 5) is 16.4. The zero-order valence-electron chi connectivity index (χ0n) is 13.6. The number of piperazine rings is 1. The van der Waals surface area contributed by atoms with Gasteiger partial charge in [0.2, 0.25) is 0 Å². The first-order chi connectivity index (χ1) is 10.7. The van der Waals surface area contributed by atoms with Crippen LogP contribution in [0.3, 0.4) is 0 Å². The third-order valence-corrected chi connectivity index (χ3v) is 5.90. The summed E-state index contributed by atoms with van der Waals surface area (Å²) in [6.45, 7) is 7.76. The van der Waals surface area contributed by atoms with Gasteiger partial charge in [-0.3, -0.25) is 9.69 Å². The van der Waals surface area contributed by atoms with Crippen molar-refractivity contribution >= 4 is 35.1 Å². The Morgan fingerprint density at radius 2 is 1.87 bits per heavy atom. The number of anilines is 1. The van der Waals surface area contributed by atoms with Crippen LogP contribution >= 0.6 is 24.2 Å². The number of carbonyl (C=O) groups is 1. The molecule has 6 heteroatoms. The summed E-state index contributed by atoms with van der Waals surface area (Å²) in [5.74, 6) is 0. The first-order valence-electron chi connectivity index (χ1n) is 8.22. The van der Waals surface area contributed by atoms with Gasteiger partial charge in [0.1, 0.15) is 0 Å². The summed E-state index contributed by atoms with van der Waals surface area (Å²) >= 11 is 1.48. The zero-order valence-corrected chi connectivity index (χ0v) is 15.2. The first kappa shape index (κ1) is 18.4. The highest BCUT2D eigenvalue weighted by Crippen LogP contribution is 2.27. The van der Waals surface area contributed by atoms with Crippen LogP contribution in [-0.2, 0) is 0 Å². The molecule has 2 aliphatic rings. The number of rotatable bonds is 5. The summed E-state index contributed by atoms with van der Waals surface area (Å²) in [7, 11) is 0. The van der Waals surface area contributed by atoms with Crippen LogP contribution < -0.4 is 10.2 Å². The van der Waals surface area contributed by atoms with E-state index in [4.69, 9.17) is 0 Å². The lowest BCUT2D eigenvalue weighted by Crippen LogP contribution is -2.46. The third-order valence-electron chi connectivity index (χ3n) is 4.62. The summed E-state index contributed by atoms with van der Waals surface area (Å²) in [6, 6.07) is 11.0. The SMILES string of the molecule is CC1NC(=O)SC1CCCN1CCN(c2ccccc2)CC1.Cl. The van der Waals surface area contributed by atoms with Gasteiger partial charge in [0.15, 0.2) is 0 Å². The predicted octanol–water partition coefficient (Wildman–Crippen LogP) is 3.22. The quantitative estimate of drug-likeness (QED) is 0.879. The van der Waals surface area contributed by atoms with Gasteiger partial charge in [0.25, 0.3) is 5.24 Å². The molecule has 128 valence electrons. The molecule has 1 aromatic rings. The minimum atomic E-state index is 0. The van der Waals surface area contributed by atoms with Gasteiger partial charge in [-0.25, -0.2) is 0 Å². The van der Waals surface area contributed by atoms with E-state index in [0.717, 1.165) is 39.1 Å². The van der Waals surface area contributed by atoms with Crippen LogP contribution in [0.1, 0.15) is 19.8 Å². The van der Waals surface area contributed by atoms with Crippen LogP contribution in [0.25, 0.3) is 0 Å². The molecule has 2 heterocycles. The zero-order chi connectivity index (χ0) is 15.4. The van der Waals surface area contributed by atoms with Gasteiger partial charge in [-0.15, -0.1) is 12.4 Å². The number of nitrogens with zero attached hydrogens (tertiary/aromatic N) is 2. The van der Waals surface area contributed by atoms with Gasteiger partial charge < -0.3 is 10.2 Å². The van der Waals surface area contributed by atoms with Crippen LogP contribution in [0, 0.1) is 0 Å². The molecule has 2 aliphatic heterocycles. The van der Waals surface area contributed by atoms with Crippen molar-refractivity contribution in [1.82, 2.24) is 10.2 Å². The van der Waals surface area contributed by atoms with Gasteiger partial charge in [0, 0.05) is 43.2 Å². The van der Waals surface area contributed by atoms with Crippen LogP contribution in [0.5, 0.6) is 0 Å². The fourth-order valence-corrected chi connectivity index (χ4v) is 4.33. The van der Waals surface area contributed by atoms with Crippen LogP contribution in [-0.4, -0.2) is 54.2 Å². The molecule has 2 atom stereocenters. The monoisotopic (exact) mass is 355 g/mol. The van der Waals surface area contributed by atoms with E-state index in [-0.39, 0.29) is 17.6 Å². The molecule has 0 spiro atoms. The number of carbonyl (C=O) groups excluding carboxylic acids is 1. The summed E-state index contributed by atoms with van der Waals surface area (Å²) in [5, 5.41) is 3.59. The molecule has 1 aromatic carbocycles. The Hall–Kier alpha value is -0.910. The van der Waals surface area contributed by atoms with Crippen molar-refractivity contribution in [3.8, 4) is 0 Å². The number of hydrogen-bond donors (Lipinski definition) is 1. The molecule has 0 bridgehead atoms. The number of halogens is 1. The largest absolute Gasteiger partial charge is 0.369 e. The second-order valence-corrected chi connectivity index (χ2v) is 7.40. The average Bonchev–Trinajstić information content (AvgIpc) is 2.87. The second kappa shape index (κ2) is 8.81. The Balaban J connectivity index is 0.00000192. The van der Waals surface area contributed by atoms with Crippen molar-refractivity contribution in [3.63, 3.8) is 0 Å². The molecular formula is C17H26ClN3OS. The fraction of sp³-hybridized carbons (Fsp3) is 0.588. The van der Waals surface area contributed by atoms with Crippen LogP contribution in [0.2, 0.25) is 0 Å². The van der Waals surface area contributed by atoms with Crippen molar-refractivity contribution < 1.29 is 4.79 Å². The van der Waals surface area contributed by atoms with E-state index >= 15 is 0 Å². The van der Waals surface area contributed by atoms with E-state index in [0.29, 0.717) is 11.3 Å². The highest BCUT2D eigenvalue weighted by Gasteiger charge is 2.29. The maximum Gasteiger partial charge on any atom is 0.279 e. The predicted molar refractivity (Wildman–Crippen MR) is 101 cm³/mol. The summed E-state index contributed by atoms with van der Waals surface area (Å²) < 4.78 is 0. The first-order valence-corrected chi connectivity index (χ1v) is 9.10. The number of para-hydroxylation sites is 1. The Labute approximate surface area is 149 Å². The summed E-state index contributed by atoms with van der Waals surface area (Å²) in [5.41, 5.74) is 1.34. The molecule has 0 aromatic heterocycles. The van der Waals surface area contributed by atoms with Crippen molar-refractivity contribution in [2.24, 2.45) is 0 Å². The Morgan fingerprint density at radius 3 is 2.48 bits per heavy atom. The van der Waals surface area contributed by atoms with Gasteiger partial charge in [-0.1, -0.05) is 30.0 Å². The van der Waals surface area contributed by atoms with Gasteiger partial charge >= 0.3 is 0 Å². The molecule has 1 amide bonds. The molecule has 0 radical (unpaired) electrons. The molecule has 23 heavy (non-hydrogen) atoms. The number of hydrogen-bond acceptors (Lipinski definition) is 4. The lowest BCUT2D eigenvalue weighted by Gasteiger charge is -2.36. The Bertz CT molecular complexity index is 494. The number of amides is 1. The van der Waals surface area contributed by atoms with Crippen molar-refractivity contribution in [3.05, 3.63) is 30.3 Å². The number of thioether (sulfide) groups is 1. The van der Waals surface area contributed by atoms with Crippen molar-refractivity contribution in [2.45, 2.75) is 31.1 Å². The number of nitrogens with one attached hydrogen (secondary N) is 1. The van der Waals surface area contributed by atoms with E-state index in [1.54, 1.807) is 0 Å². The maximum atomic E-state index is 11.3. The molecule has 3 rings (SSSR count). The van der Waals surface area contributed by atoms with Gasteiger partial charge in [-0.05, 0) is 38.4 Å². The van der Waals surface area contributed by atoms with E-state index in [2.05, 4.69) is 52.4 Å². The Kier molecular flexibility index (Phi) is 7.06. The average molecular weight is 356 g/mol. The minimum Gasteiger partial charge on any atom is -0.369 e. The minimum absolute atomic E-state index is 0. The standard InChI is InChI=1S/C17H25N3OS.ClH/c1-14-16(22-17(21)18-14)8-5-9-19-10-12-20(13-11-19)15-6-3-2-4-7-15;/h2-4,6-7,14,16H,5,8-13H2,1H3,(H,18,21);1H. The molecule has 2 saturated heterocycles. The summed E-state index contributed by atoms with van der Waals surface area (Å²) in [6.07, 6.45) is 2.31. The van der Waals surface area contributed by atoms with Crippen LogP contribution in [0.15, 0.2) is 30.3 Å². The highest BCUT2D eigenvalue weighted by atomic mass is 35.5. The molecule has 2 unspecified atom stereocenters. The molecule has 0 saturated carbocycles. The van der Waals surface area contributed by atoms with Gasteiger partial charge in [0.05, 0.1) is 0 Å². The van der Waals surface area contributed by atoms with E-state index in [1.165, 1.54) is 23.9 Å². The smallest absolute Gasteiger partial charge is 0.279 e. The lowest BCUT2D eigenvalue weighted by molar-refractivity contribution is 0.251. The molecule has 4 nitrogen and oxygen atoms in total. The third kappa shape index (κ3) is 5.03. The van der Waals surface area contributed by atoms with Crippen molar-refractivity contribution in [2.75, 3.05) is 37.6 Å². The number of benzene rings is 1. The Morgan fingerprint density at radius 1 is 1.17 bits per heavy atom. The normalized spacial score (nSPS) is 25.1. The lowest BCUT2D eigenvalue weighted by atomic mass is 10.1. The van der Waals surface area contributed by atoms with E-state index in [1.807, 2.05) is 0 Å². The maximum absolute atomic E-state index is 11.3. The fourth-order valence-electron chi connectivity index (χ4n) is 3.25. The highest BCUT2D eigenvalue weighted by molar-refractivity contribution is 8.14. The van der Waals surface area contributed by atoms with Crippen molar-refractivity contribution in [1.29, 1.82) is 0 Å². The topological polar surface area (TPSA) is 35.6 Å². The molecular weight excluding hydrogens is 330 g/mol. The van der Waals surface area contributed by atoms with Crippen LogP contribution in [0.4, 0.5) is 10.5 Å². The van der Waals surface area contributed by atoms with E-state index < -0.39 is 0 Å².